The number of benzene rings is 1. The minimum absolute atomic E-state index is 0.0181. The first kappa shape index (κ1) is 20.8. The summed E-state index contributed by atoms with van der Waals surface area (Å²) < 4.78 is 1.94. The Morgan fingerprint density at radius 1 is 1.19 bits per heavy atom. The summed E-state index contributed by atoms with van der Waals surface area (Å²) in [5, 5.41) is 10.3. The SMILES string of the molecule is Cc1c(-c2ccccc2)n[nH]c1C(=O)N1CCC(CC(=O)NCCn2ccnc2)CC1. The third-order valence-corrected chi connectivity index (χ3v) is 5.90. The molecular weight excluding hydrogens is 392 g/mol. The van der Waals surface area contributed by atoms with Crippen LogP contribution < -0.4 is 5.32 Å². The van der Waals surface area contributed by atoms with Crippen LogP contribution in [0.3, 0.4) is 0 Å². The maximum atomic E-state index is 13.0. The van der Waals surface area contributed by atoms with E-state index < -0.39 is 0 Å². The number of likely N-dealkylation sites (tertiary alicyclic amines) is 1. The Morgan fingerprint density at radius 2 is 1.97 bits per heavy atom. The highest BCUT2D eigenvalue weighted by molar-refractivity contribution is 5.95. The molecule has 0 bridgehead atoms. The van der Waals surface area contributed by atoms with Gasteiger partial charge in [0.05, 0.1) is 12.0 Å². The van der Waals surface area contributed by atoms with Crippen LogP contribution >= 0.6 is 0 Å². The average molecular weight is 421 g/mol. The molecule has 2 aromatic heterocycles. The Hall–Kier alpha value is -3.42. The number of nitrogens with one attached hydrogen (secondary N) is 2. The highest BCUT2D eigenvalue weighted by Crippen LogP contribution is 2.26. The summed E-state index contributed by atoms with van der Waals surface area (Å²) in [6.07, 6.45) is 7.52. The van der Waals surface area contributed by atoms with E-state index in [1.807, 2.05) is 52.9 Å². The first-order valence-corrected chi connectivity index (χ1v) is 10.7. The minimum Gasteiger partial charge on any atom is -0.354 e. The second-order valence-electron chi connectivity index (χ2n) is 8.03. The Kier molecular flexibility index (Phi) is 6.45. The van der Waals surface area contributed by atoms with Crippen LogP contribution in [0.25, 0.3) is 11.3 Å². The molecule has 1 fully saturated rings. The summed E-state index contributed by atoms with van der Waals surface area (Å²) in [5.74, 6) is 0.359. The molecule has 31 heavy (non-hydrogen) atoms. The zero-order chi connectivity index (χ0) is 21.6. The second kappa shape index (κ2) is 9.59. The number of hydrogen-bond acceptors (Lipinski definition) is 4. The average Bonchev–Trinajstić information content (AvgIpc) is 3.44. The quantitative estimate of drug-likeness (QED) is 0.614. The molecular formula is C23H28N6O2. The molecule has 2 amide bonds. The van der Waals surface area contributed by atoms with Crippen LogP contribution in [0, 0.1) is 12.8 Å². The highest BCUT2D eigenvalue weighted by Gasteiger charge is 2.27. The smallest absolute Gasteiger partial charge is 0.272 e. The van der Waals surface area contributed by atoms with Crippen LogP contribution in [0.15, 0.2) is 49.1 Å². The van der Waals surface area contributed by atoms with Gasteiger partial charge in [-0.05, 0) is 25.7 Å². The highest BCUT2D eigenvalue weighted by atomic mass is 16.2. The molecule has 0 radical (unpaired) electrons. The van der Waals surface area contributed by atoms with Gasteiger partial charge in [-0.2, -0.15) is 5.10 Å². The van der Waals surface area contributed by atoms with Gasteiger partial charge in [0, 0.05) is 56.1 Å². The van der Waals surface area contributed by atoms with Gasteiger partial charge in [-0.3, -0.25) is 14.7 Å². The molecule has 1 aliphatic heterocycles. The molecule has 0 atom stereocenters. The fourth-order valence-electron chi connectivity index (χ4n) is 4.06. The van der Waals surface area contributed by atoms with Gasteiger partial charge in [-0.15, -0.1) is 0 Å². The van der Waals surface area contributed by atoms with Crippen molar-refractivity contribution in [2.24, 2.45) is 5.92 Å². The number of imidazole rings is 1. The predicted molar refractivity (Wildman–Crippen MR) is 117 cm³/mol. The molecule has 8 nitrogen and oxygen atoms in total. The number of aromatic amines is 1. The lowest BCUT2D eigenvalue weighted by molar-refractivity contribution is -0.122. The number of carbonyl (C=O) groups excluding carboxylic acids is 2. The van der Waals surface area contributed by atoms with E-state index in [1.165, 1.54) is 0 Å². The topological polar surface area (TPSA) is 95.9 Å². The second-order valence-corrected chi connectivity index (χ2v) is 8.03. The third-order valence-electron chi connectivity index (χ3n) is 5.90. The van der Waals surface area contributed by atoms with Crippen LogP contribution in [0.5, 0.6) is 0 Å². The minimum atomic E-state index is -0.0181. The summed E-state index contributed by atoms with van der Waals surface area (Å²) >= 11 is 0. The van der Waals surface area contributed by atoms with E-state index in [9.17, 15) is 9.59 Å². The zero-order valence-corrected chi connectivity index (χ0v) is 17.8. The summed E-state index contributed by atoms with van der Waals surface area (Å²) in [6, 6.07) is 9.86. The lowest BCUT2D eigenvalue weighted by Gasteiger charge is -2.31. The lowest BCUT2D eigenvalue weighted by Crippen LogP contribution is -2.40. The van der Waals surface area contributed by atoms with Gasteiger partial charge in [0.2, 0.25) is 5.91 Å². The van der Waals surface area contributed by atoms with Crippen molar-refractivity contribution in [2.75, 3.05) is 19.6 Å². The fourth-order valence-corrected chi connectivity index (χ4v) is 4.06. The van der Waals surface area contributed by atoms with Crippen molar-refractivity contribution in [1.29, 1.82) is 0 Å². The van der Waals surface area contributed by atoms with Crippen molar-refractivity contribution in [1.82, 2.24) is 30.0 Å². The monoisotopic (exact) mass is 420 g/mol. The third kappa shape index (κ3) is 5.02. The molecule has 1 aliphatic rings. The first-order valence-electron chi connectivity index (χ1n) is 10.7. The number of rotatable bonds is 7. The van der Waals surface area contributed by atoms with Crippen molar-refractivity contribution in [2.45, 2.75) is 32.7 Å². The maximum Gasteiger partial charge on any atom is 0.272 e. The molecule has 0 unspecified atom stereocenters. The van der Waals surface area contributed by atoms with E-state index in [1.54, 1.807) is 12.5 Å². The number of H-pyrrole nitrogens is 1. The van der Waals surface area contributed by atoms with Crippen LogP contribution in [0.4, 0.5) is 0 Å². The summed E-state index contributed by atoms with van der Waals surface area (Å²) in [7, 11) is 0. The van der Waals surface area contributed by atoms with Gasteiger partial charge in [-0.1, -0.05) is 30.3 Å². The van der Waals surface area contributed by atoms with Crippen molar-refractivity contribution in [3.8, 4) is 11.3 Å². The van der Waals surface area contributed by atoms with Crippen molar-refractivity contribution < 1.29 is 9.59 Å². The van der Waals surface area contributed by atoms with E-state index in [2.05, 4.69) is 20.5 Å². The molecule has 3 heterocycles. The van der Waals surface area contributed by atoms with Crippen LogP contribution in [-0.4, -0.2) is 56.1 Å². The molecule has 0 aliphatic carbocycles. The molecule has 2 N–H and O–H groups in total. The number of carbonyl (C=O) groups is 2. The summed E-state index contributed by atoms with van der Waals surface area (Å²) in [5.41, 5.74) is 3.23. The molecule has 162 valence electrons. The Morgan fingerprint density at radius 3 is 2.68 bits per heavy atom. The van der Waals surface area contributed by atoms with Crippen LogP contribution in [0.2, 0.25) is 0 Å². The Balaban J connectivity index is 1.25. The van der Waals surface area contributed by atoms with Gasteiger partial charge in [0.15, 0.2) is 0 Å². The Labute approximate surface area is 181 Å². The van der Waals surface area contributed by atoms with Gasteiger partial charge in [-0.25, -0.2) is 4.98 Å². The number of aromatic nitrogens is 4. The van der Waals surface area contributed by atoms with E-state index in [4.69, 9.17) is 0 Å². The molecule has 3 aromatic rings. The van der Waals surface area contributed by atoms with E-state index in [0.29, 0.717) is 44.2 Å². The van der Waals surface area contributed by atoms with Gasteiger partial charge in [0.1, 0.15) is 5.69 Å². The normalized spacial score (nSPS) is 14.5. The molecule has 0 saturated carbocycles. The molecule has 8 heteroatoms. The standard InChI is InChI=1S/C23H28N6O2/c1-17-21(19-5-3-2-4-6-19)26-27-22(17)23(31)29-11-7-18(8-12-29)15-20(30)25-10-14-28-13-9-24-16-28/h2-6,9,13,16,18H,7-8,10-12,14-15H2,1H3,(H,25,30)(H,26,27). The molecule has 1 saturated heterocycles. The number of nitrogens with zero attached hydrogens (tertiary/aromatic N) is 4. The van der Waals surface area contributed by atoms with Crippen LogP contribution in [0.1, 0.15) is 35.3 Å². The van der Waals surface area contributed by atoms with Crippen molar-refractivity contribution >= 4 is 11.8 Å². The van der Waals surface area contributed by atoms with Crippen molar-refractivity contribution in [3.05, 3.63) is 60.3 Å². The van der Waals surface area contributed by atoms with Gasteiger partial charge < -0.3 is 14.8 Å². The van der Waals surface area contributed by atoms with E-state index >= 15 is 0 Å². The maximum absolute atomic E-state index is 13.0. The fraction of sp³-hybridized carbons (Fsp3) is 0.391. The molecule has 1 aromatic carbocycles. The summed E-state index contributed by atoms with van der Waals surface area (Å²) in [4.78, 5) is 31.1. The van der Waals surface area contributed by atoms with Gasteiger partial charge in [0.25, 0.3) is 5.91 Å². The summed E-state index contributed by atoms with van der Waals surface area (Å²) in [6.45, 7) is 4.55. The first-order chi connectivity index (χ1) is 15.1. The predicted octanol–water partition coefficient (Wildman–Crippen LogP) is 2.64. The van der Waals surface area contributed by atoms with E-state index in [0.717, 1.165) is 29.7 Å². The van der Waals surface area contributed by atoms with Crippen LogP contribution in [-0.2, 0) is 11.3 Å². The molecule has 4 rings (SSSR count). The van der Waals surface area contributed by atoms with Crippen molar-refractivity contribution in [3.63, 3.8) is 0 Å². The Bertz CT molecular complexity index is 1000. The number of amides is 2. The number of piperidine rings is 1. The van der Waals surface area contributed by atoms with E-state index in [-0.39, 0.29) is 11.8 Å². The number of hydrogen-bond donors (Lipinski definition) is 2. The lowest BCUT2D eigenvalue weighted by atomic mass is 9.93. The zero-order valence-electron chi connectivity index (χ0n) is 17.8. The molecule has 0 spiro atoms. The largest absolute Gasteiger partial charge is 0.354 e. The van der Waals surface area contributed by atoms with Gasteiger partial charge >= 0.3 is 0 Å².